The molecule has 0 amide bonds. The fourth-order valence-corrected chi connectivity index (χ4v) is 2.35. The molecule has 1 aromatic rings. The second-order valence-electron chi connectivity index (χ2n) is 4.76. The van der Waals surface area contributed by atoms with Crippen LogP contribution in [0.1, 0.15) is 45.6 Å². The summed E-state index contributed by atoms with van der Waals surface area (Å²) >= 11 is 0. The Balaban J connectivity index is 2.46. The fourth-order valence-electron chi connectivity index (χ4n) is 2.35. The Labute approximate surface area is 106 Å². The van der Waals surface area contributed by atoms with Crippen LogP contribution in [0.4, 0.5) is 5.69 Å². The van der Waals surface area contributed by atoms with Crippen molar-refractivity contribution in [2.75, 3.05) is 12.3 Å². The summed E-state index contributed by atoms with van der Waals surface area (Å²) in [5.74, 6) is 0. The van der Waals surface area contributed by atoms with Gasteiger partial charge in [-0.15, -0.1) is 0 Å². The van der Waals surface area contributed by atoms with Gasteiger partial charge in [0, 0.05) is 11.2 Å². The Kier molecular flexibility index (Phi) is 5.49. The van der Waals surface area contributed by atoms with E-state index in [9.17, 15) is 0 Å². The molecule has 0 spiro atoms. The number of benzene rings is 1. The van der Waals surface area contributed by atoms with Crippen molar-refractivity contribution in [2.24, 2.45) is 0 Å². The van der Waals surface area contributed by atoms with Crippen LogP contribution < -0.4 is 11.1 Å². The second-order valence-corrected chi connectivity index (χ2v) is 4.76. The molecule has 0 saturated carbocycles. The standard InChI is InChI=1S/C15H26N2/c1-4-15(5-2,6-3)17-11-10-13-8-7-9-14(16)12-13/h7-9,12,17H,4-6,10-11,16H2,1-3H3. The zero-order valence-electron chi connectivity index (χ0n) is 11.4. The molecule has 1 rings (SSSR count). The predicted molar refractivity (Wildman–Crippen MR) is 76.2 cm³/mol. The number of nitrogens with one attached hydrogen (secondary N) is 1. The van der Waals surface area contributed by atoms with Crippen LogP contribution >= 0.6 is 0 Å². The second kappa shape index (κ2) is 6.65. The van der Waals surface area contributed by atoms with E-state index in [0.717, 1.165) is 18.7 Å². The van der Waals surface area contributed by atoms with Crippen LogP contribution in [0.25, 0.3) is 0 Å². The normalized spacial score (nSPS) is 11.7. The van der Waals surface area contributed by atoms with Crippen LogP contribution in [0, 0.1) is 0 Å². The Morgan fingerprint density at radius 2 is 1.76 bits per heavy atom. The number of anilines is 1. The van der Waals surface area contributed by atoms with Crippen LogP contribution in [0.3, 0.4) is 0 Å². The monoisotopic (exact) mass is 234 g/mol. The summed E-state index contributed by atoms with van der Waals surface area (Å²) in [4.78, 5) is 0. The predicted octanol–water partition coefficient (Wildman–Crippen LogP) is 3.37. The van der Waals surface area contributed by atoms with E-state index in [-0.39, 0.29) is 0 Å². The average Bonchev–Trinajstić information content (AvgIpc) is 2.35. The highest BCUT2D eigenvalue weighted by Crippen LogP contribution is 2.19. The number of hydrogen-bond acceptors (Lipinski definition) is 2. The van der Waals surface area contributed by atoms with Gasteiger partial charge < -0.3 is 11.1 Å². The van der Waals surface area contributed by atoms with Crippen molar-refractivity contribution in [3.8, 4) is 0 Å². The summed E-state index contributed by atoms with van der Waals surface area (Å²) in [6, 6.07) is 8.17. The summed E-state index contributed by atoms with van der Waals surface area (Å²) in [5, 5.41) is 3.71. The summed E-state index contributed by atoms with van der Waals surface area (Å²) in [6.45, 7) is 7.82. The van der Waals surface area contributed by atoms with Gasteiger partial charge in [0.1, 0.15) is 0 Å². The molecular weight excluding hydrogens is 208 g/mol. The van der Waals surface area contributed by atoms with E-state index in [1.54, 1.807) is 0 Å². The molecule has 0 radical (unpaired) electrons. The highest BCUT2D eigenvalue weighted by molar-refractivity contribution is 5.40. The Bertz CT molecular complexity index is 321. The van der Waals surface area contributed by atoms with Crippen molar-refractivity contribution in [1.29, 1.82) is 0 Å². The molecule has 3 N–H and O–H groups in total. The molecule has 0 unspecified atom stereocenters. The molecule has 1 aromatic carbocycles. The van der Waals surface area contributed by atoms with Gasteiger partial charge in [0.15, 0.2) is 0 Å². The van der Waals surface area contributed by atoms with E-state index in [1.165, 1.54) is 24.8 Å². The SMILES string of the molecule is CCC(CC)(CC)NCCc1cccc(N)c1. The average molecular weight is 234 g/mol. The molecule has 0 aliphatic rings. The molecule has 0 aliphatic carbocycles. The Morgan fingerprint density at radius 1 is 1.12 bits per heavy atom. The maximum atomic E-state index is 5.77. The van der Waals surface area contributed by atoms with Gasteiger partial charge in [-0.3, -0.25) is 0 Å². The lowest BCUT2D eigenvalue weighted by Crippen LogP contribution is -2.44. The van der Waals surface area contributed by atoms with Crippen molar-refractivity contribution in [1.82, 2.24) is 5.32 Å². The number of hydrogen-bond donors (Lipinski definition) is 2. The molecule has 17 heavy (non-hydrogen) atoms. The maximum absolute atomic E-state index is 5.77. The van der Waals surface area contributed by atoms with E-state index in [4.69, 9.17) is 5.73 Å². The molecule has 2 nitrogen and oxygen atoms in total. The molecule has 96 valence electrons. The van der Waals surface area contributed by atoms with Crippen molar-refractivity contribution in [3.05, 3.63) is 29.8 Å². The van der Waals surface area contributed by atoms with Crippen molar-refractivity contribution in [3.63, 3.8) is 0 Å². The summed E-state index contributed by atoms with van der Waals surface area (Å²) in [7, 11) is 0. The first-order valence-electron chi connectivity index (χ1n) is 6.75. The third-order valence-electron chi connectivity index (χ3n) is 3.90. The highest BCUT2D eigenvalue weighted by Gasteiger charge is 2.22. The molecule has 0 saturated heterocycles. The molecular formula is C15H26N2. The van der Waals surface area contributed by atoms with Crippen LogP contribution in [-0.4, -0.2) is 12.1 Å². The lowest BCUT2D eigenvalue weighted by atomic mass is 9.89. The molecule has 0 bridgehead atoms. The van der Waals surface area contributed by atoms with Crippen LogP contribution in [0.15, 0.2) is 24.3 Å². The van der Waals surface area contributed by atoms with Crippen LogP contribution in [0.2, 0.25) is 0 Å². The summed E-state index contributed by atoms with van der Waals surface area (Å²) in [6.07, 6.45) is 4.62. The van der Waals surface area contributed by atoms with Crippen molar-refractivity contribution in [2.45, 2.75) is 52.0 Å². The molecule has 0 aliphatic heterocycles. The zero-order chi connectivity index (χ0) is 12.7. The zero-order valence-corrected chi connectivity index (χ0v) is 11.4. The molecule has 0 fully saturated rings. The van der Waals surface area contributed by atoms with Gasteiger partial charge in [-0.05, 0) is 49.9 Å². The summed E-state index contributed by atoms with van der Waals surface area (Å²) in [5.41, 5.74) is 8.27. The number of nitrogen functional groups attached to an aromatic ring is 1. The van der Waals surface area contributed by atoms with Gasteiger partial charge in [-0.25, -0.2) is 0 Å². The van der Waals surface area contributed by atoms with Gasteiger partial charge in [0.25, 0.3) is 0 Å². The number of nitrogens with two attached hydrogens (primary N) is 1. The molecule has 0 atom stereocenters. The minimum absolute atomic E-state index is 0.320. The quantitative estimate of drug-likeness (QED) is 0.710. The van der Waals surface area contributed by atoms with E-state index in [1.807, 2.05) is 12.1 Å². The first kappa shape index (κ1) is 14.0. The van der Waals surface area contributed by atoms with Gasteiger partial charge in [-0.1, -0.05) is 32.9 Å². The Hall–Kier alpha value is -1.02. The van der Waals surface area contributed by atoms with Gasteiger partial charge in [0.2, 0.25) is 0 Å². The van der Waals surface area contributed by atoms with Gasteiger partial charge >= 0.3 is 0 Å². The lowest BCUT2D eigenvalue weighted by Gasteiger charge is -2.32. The van der Waals surface area contributed by atoms with Crippen molar-refractivity contribution >= 4 is 5.69 Å². The molecule has 0 aromatic heterocycles. The summed E-state index contributed by atoms with van der Waals surface area (Å²) < 4.78 is 0. The van der Waals surface area contributed by atoms with Crippen LogP contribution in [-0.2, 0) is 6.42 Å². The number of rotatable bonds is 7. The first-order valence-corrected chi connectivity index (χ1v) is 6.75. The topological polar surface area (TPSA) is 38.0 Å². The van der Waals surface area contributed by atoms with E-state index >= 15 is 0 Å². The highest BCUT2D eigenvalue weighted by atomic mass is 15.0. The van der Waals surface area contributed by atoms with E-state index in [0.29, 0.717) is 5.54 Å². The minimum atomic E-state index is 0.320. The third kappa shape index (κ3) is 4.04. The maximum Gasteiger partial charge on any atom is 0.0316 e. The molecule has 2 heteroatoms. The van der Waals surface area contributed by atoms with E-state index < -0.39 is 0 Å². The smallest absolute Gasteiger partial charge is 0.0316 e. The van der Waals surface area contributed by atoms with E-state index in [2.05, 4.69) is 38.2 Å². The lowest BCUT2D eigenvalue weighted by molar-refractivity contribution is 0.292. The van der Waals surface area contributed by atoms with Gasteiger partial charge in [0.05, 0.1) is 0 Å². The van der Waals surface area contributed by atoms with Crippen LogP contribution in [0.5, 0.6) is 0 Å². The Morgan fingerprint density at radius 3 is 2.29 bits per heavy atom. The minimum Gasteiger partial charge on any atom is -0.399 e. The third-order valence-corrected chi connectivity index (χ3v) is 3.90. The first-order chi connectivity index (χ1) is 8.15. The van der Waals surface area contributed by atoms with Gasteiger partial charge in [-0.2, -0.15) is 0 Å². The van der Waals surface area contributed by atoms with Crippen molar-refractivity contribution < 1.29 is 0 Å². The largest absolute Gasteiger partial charge is 0.399 e. The molecule has 0 heterocycles. The fraction of sp³-hybridized carbons (Fsp3) is 0.600.